The number of hydrogen-bond donors (Lipinski definition) is 1. The maximum atomic E-state index is 12.8. The minimum atomic E-state index is -1.95. The molecule has 0 aromatic carbocycles. The molecule has 136 valence electrons. The second kappa shape index (κ2) is 5.92. The summed E-state index contributed by atoms with van der Waals surface area (Å²) in [6, 6.07) is 0. The molecule has 0 aromatic rings. The number of hydrogen-bond acceptors (Lipinski definition) is 3. The topological polar surface area (TPSA) is 46.5 Å². The molecule has 0 saturated carbocycles. The highest BCUT2D eigenvalue weighted by Crippen LogP contribution is 2.51. The van der Waals surface area contributed by atoms with Gasteiger partial charge < -0.3 is 9.53 Å². The number of allylic oxidation sites excluding steroid dienone is 1. The quantitative estimate of drug-likeness (QED) is 0.583. The molecule has 1 N–H and O–H groups in total. The lowest BCUT2D eigenvalue weighted by atomic mass is 9.63. The number of ketones is 1. The average Bonchev–Trinajstić information content (AvgIpc) is 2.54. The number of Topliss-reactive ketones (excluding diaryl/α,β-unsaturated/α-hetero) is 1. The van der Waals surface area contributed by atoms with Crippen molar-refractivity contribution in [2.75, 3.05) is 0 Å². The lowest BCUT2D eigenvalue weighted by Crippen LogP contribution is -2.56. The fourth-order valence-electron chi connectivity index (χ4n) is 3.66. The molecule has 0 heterocycles. The molecule has 3 atom stereocenters. The molecule has 2 aliphatic rings. The Balaban J connectivity index is 2.46. The maximum absolute atomic E-state index is 12.8. The molecular formula is C20H34O3Si. The van der Waals surface area contributed by atoms with E-state index >= 15 is 0 Å². The van der Waals surface area contributed by atoms with Gasteiger partial charge in [-0.3, -0.25) is 4.79 Å². The van der Waals surface area contributed by atoms with Crippen molar-refractivity contribution in [3.8, 4) is 0 Å². The lowest BCUT2D eigenvalue weighted by Gasteiger charge is -2.47. The smallest absolute Gasteiger partial charge is 0.192 e. The molecule has 4 heteroatoms. The minimum absolute atomic E-state index is 0.0649. The van der Waals surface area contributed by atoms with Crippen molar-refractivity contribution in [2.24, 2.45) is 11.3 Å². The maximum Gasteiger partial charge on any atom is 0.192 e. The monoisotopic (exact) mass is 350 g/mol. The van der Waals surface area contributed by atoms with Gasteiger partial charge in [0.05, 0.1) is 6.10 Å². The van der Waals surface area contributed by atoms with E-state index in [4.69, 9.17) is 4.43 Å². The summed E-state index contributed by atoms with van der Waals surface area (Å²) in [6.07, 6.45) is 7.09. The molecule has 24 heavy (non-hydrogen) atoms. The van der Waals surface area contributed by atoms with E-state index in [1.165, 1.54) is 0 Å². The average molecular weight is 351 g/mol. The van der Waals surface area contributed by atoms with Crippen molar-refractivity contribution in [3.63, 3.8) is 0 Å². The second-order valence-corrected chi connectivity index (χ2v) is 14.4. The number of fused-ring (bicyclic) bond motifs is 2. The zero-order valence-corrected chi connectivity index (χ0v) is 17.6. The summed E-state index contributed by atoms with van der Waals surface area (Å²) in [5.74, 6) is -0.0515. The van der Waals surface area contributed by atoms with Crippen molar-refractivity contribution >= 4 is 14.1 Å². The van der Waals surface area contributed by atoms with Crippen LogP contribution in [-0.2, 0) is 9.22 Å². The predicted molar refractivity (Wildman–Crippen MR) is 101 cm³/mol. The van der Waals surface area contributed by atoms with Crippen LogP contribution in [0.1, 0.15) is 54.4 Å². The Labute approximate surface area is 148 Å². The van der Waals surface area contributed by atoms with Crippen LogP contribution in [0.3, 0.4) is 0 Å². The third-order valence-corrected chi connectivity index (χ3v) is 11.3. The molecule has 2 bridgehead atoms. The highest BCUT2D eigenvalue weighted by molar-refractivity contribution is 6.74. The van der Waals surface area contributed by atoms with Crippen molar-refractivity contribution in [2.45, 2.75) is 84.2 Å². The number of carbonyl (C=O) groups excluding carboxylic acids is 1. The van der Waals surface area contributed by atoms with Gasteiger partial charge in [0.15, 0.2) is 14.1 Å². The molecule has 2 aliphatic carbocycles. The van der Waals surface area contributed by atoms with E-state index in [1.54, 1.807) is 0 Å². The summed E-state index contributed by atoms with van der Waals surface area (Å²) < 4.78 is 6.72. The van der Waals surface area contributed by atoms with Crippen molar-refractivity contribution < 1.29 is 14.3 Å². The number of rotatable bonds is 2. The van der Waals surface area contributed by atoms with Crippen LogP contribution in [-0.4, -0.2) is 30.9 Å². The zero-order chi connectivity index (χ0) is 18.6. The highest BCUT2D eigenvalue weighted by atomic mass is 28.4. The van der Waals surface area contributed by atoms with E-state index in [2.05, 4.69) is 39.9 Å². The van der Waals surface area contributed by atoms with E-state index < -0.39 is 19.3 Å². The second-order valence-electron chi connectivity index (χ2n) is 9.62. The third-order valence-electron chi connectivity index (χ3n) is 6.78. The van der Waals surface area contributed by atoms with E-state index in [9.17, 15) is 9.90 Å². The summed E-state index contributed by atoms with van der Waals surface area (Å²) in [7, 11) is -1.95. The van der Waals surface area contributed by atoms with E-state index in [0.717, 1.165) is 6.42 Å². The highest BCUT2D eigenvalue weighted by Gasteiger charge is 2.57. The lowest BCUT2D eigenvalue weighted by molar-refractivity contribution is -0.153. The summed E-state index contributed by atoms with van der Waals surface area (Å²) in [5.41, 5.74) is -1.22. The molecule has 0 fully saturated rings. The Morgan fingerprint density at radius 2 is 1.88 bits per heavy atom. The third kappa shape index (κ3) is 2.97. The van der Waals surface area contributed by atoms with Gasteiger partial charge in [0.25, 0.3) is 0 Å². The zero-order valence-electron chi connectivity index (χ0n) is 16.6. The van der Waals surface area contributed by atoms with Crippen LogP contribution < -0.4 is 0 Å². The molecule has 0 unspecified atom stereocenters. The van der Waals surface area contributed by atoms with E-state index in [1.807, 2.05) is 32.9 Å². The molecule has 0 aliphatic heterocycles. The first-order valence-electron chi connectivity index (χ1n) is 9.02. The van der Waals surface area contributed by atoms with Gasteiger partial charge in [-0.1, -0.05) is 52.8 Å². The molecule has 0 saturated heterocycles. The van der Waals surface area contributed by atoms with Gasteiger partial charge in [-0.15, -0.1) is 0 Å². The van der Waals surface area contributed by atoms with Gasteiger partial charge in [0, 0.05) is 11.8 Å². The van der Waals surface area contributed by atoms with E-state index in [0.29, 0.717) is 12.0 Å². The first kappa shape index (κ1) is 19.6. The molecule has 0 spiro atoms. The molecule has 0 radical (unpaired) electrons. The summed E-state index contributed by atoms with van der Waals surface area (Å²) in [5, 5.41) is 11.4. The van der Waals surface area contributed by atoms with Crippen LogP contribution >= 0.6 is 0 Å². The Kier molecular flexibility index (Phi) is 4.84. The van der Waals surface area contributed by atoms with Gasteiger partial charge in [0.2, 0.25) is 0 Å². The Morgan fingerprint density at radius 3 is 2.42 bits per heavy atom. The molecule has 3 nitrogen and oxygen atoms in total. The number of carbonyl (C=O) groups is 1. The van der Waals surface area contributed by atoms with Gasteiger partial charge in [-0.25, -0.2) is 0 Å². The van der Waals surface area contributed by atoms with Crippen LogP contribution in [0, 0.1) is 11.3 Å². The Bertz CT molecular complexity index is 580. The van der Waals surface area contributed by atoms with Gasteiger partial charge in [-0.2, -0.15) is 0 Å². The normalized spacial score (nSPS) is 33.7. The van der Waals surface area contributed by atoms with Crippen molar-refractivity contribution in [3.05, 3.63) is 23.8 Å². The van der Waals surface area contributed by atoms with Crippen LogP contribution in [0.2, 0.25) is 18.1 Å². The molecule has 0 amide bonds. The van der Waals surface area contributed by atoms with Gasteiger partial charge in [-0.05, 0) is 43.0 Å². The summed E-state index contributed by atoms with van der Waals surface area (Å²) in [6.45, 7) is 17.1. The van der Waals surface area contributed by atoms with Gasteiger partial charge in [0.1, 0.15) is 5.60 Å². The standard InChI is InChI=1S/C20H34O3Si/c1-14-11-12-15-16(23-24(7,8)18(2,3)4)10-9-13-20(22,17(14)21)19(15,5)6/h9-11,15-16,22H,12-13H2,1-8H3/t15-,16-,20+/m1/s1. The minimum Gasteiger partial charge on any atom is -0.410 e. The Hall–Kier alpha value is -0.713. The fraction of sp³-hybridized carbons (Fsp3) is 0.750. The predicted octanol–water partition coefficient (Wildman–Crippen LogP) is 4.63. The van der Waals surface area contributed by atoms with Crippen LogP contribution in [0.4, 0.5) is 0 Å². The SMILES string of the molecule is CC1=CC[C@@H]2[C@H](O[Si](C)(C)C(C)(C)C)C=CC[C@](O)(C1=O)C2(C)C. The largest absolute Gasteiger partial charge is 0.410 e. The Morgan fingerprint density at radius 1 is 1.29 bits per heavy atom. The molecular weight excluding hydrogens is 316 g/mol. The first-order valence-corrected chi connectivity index (χ1v) is 11.9. The number of aliphatic hydroxyl groups is 1. The van der Waals surface area contributed by atoms with Crippen molar-refractivity contribution in [1.29, 1.82) is 0 Å². The summed E-state index contributed by atoms with van der Waals surface area (Å²) >= 11 is 0. The first-order chi connectivity index (χ1) is 10.7. The summed E-state index contributed by atoms with van der Waals surface area (Å²) in [4.78, 5) is 12.8. The van der Waals surface area contributed by atoms with Crippen LogP contribution in [0.25, 0.3) is 0 Å². The van der Waals surface area contributed by atoms with Crippen LogP contribution in [0.5, 0.6) is 0 Å². The molecule has 2 rings (SSSR count). The van der Waals surface area contributed by atoms with Gasteiger partial charge >= 0.3 is 0 Å². The van der Waals surface area contributed by atoms with Crippen molar-refractivity contribution in [1.82, 2.24) is 0 Å². The van der Waals surface area contributed by atoms with Crippen LogP contribution in [0.15, 0.2) is 23.8 Å². The van der Waals surface area contributed by atoms with E-state index in [-0.39, 0.29) is 22.8 Å². The fourth-order valence-corrected chi connectivity index (χ4v) is 4.94. The molecule has 0 aromatic heterocycles.